The molecule has 0 spiro atoms. The van der Waals surface area contributed by atoms with Crippen molar-refractivity contribution in [3.05, 3.63) is 52.6 Å². The van der Waals surface area contributed by atoms with Gasteiger partial charge in [0.2, 0.25) is 10.0 Å². The van der Waals surface area contributed by atoms with Gasteiger partial charge in [-0.3, -0.25) is 10.1 Å². The number of sulfonamides is 1. The Balaban J connectivity index is 2.70. The summed E-state index contributed by atoms with van der Waals surface area (Å²) in [6.45, 7) is 0. The normalized spacial score (nSPS) is 11.6. The maximum Gasteiger partial charge on any atom is 0.311 e. The molecule has 0 aliphatic rings. The molecule has 1 N–H and O–H groups in total. The van der Waals surface area contributed by atoms with Gasteiger partial charge in [-0.15, -0.1) is 0 Å². The number of hydrogen-bond donors (Lipinski definition) is 1. The number of hydrogen-bond acceptors (Lipinski definition) is 5. The zero-order chi connectivity index (χ0) is 16.5. The molecule has 0 fully saturated rings. The van der Waals surface area contributed by atoms with Gasteiger partial charge in [-0.25, -0.2) is 12.7 Å². The molecule has 0 aliphatic carbocycles. The van der Waals surface area contributed by atoms with Crippen LogP contribution in [0.1, 0.15) is 0 Å². The fraction of sp³-hybridized carbons (Fsp3) is 0.143. The molecule has 0 atom stereocenters. The van der Waals surface area contributed by atoms with E-state index in [0.717, 1.165) is 10.4 Å². The molecule has 8 heteroatoms. The maximum atomic E-state index is 12.4. The highest BCUT2D eigenvalue weighted by atomic mass is 32.2. The maximum absolute atomic E-state index is 12.4. The molecular formula is C14H14N2O5S. The smallest absolute Gasteiger partial charge is 0.311 e. The molecule has 2 aromatic rings. The molecule has 0 radical (unpaired) electrons. The molecule has 0 saturated heterocycles. The third kappa shape index (κ3) is 2.78. The van der Waals surface area contributed by atoms with Crippen LogP contribution < -0.4 is 0 Å². The Hall–Kier alpha value is -2.45. The standard InChI is InChI=1S/C14H14N2O5S/c1-15(2)22(20,21)14-6-4-3-5-11(14)10-7-8-13(17)12(9-10)16(18)19/h3-9,17H,1-2H3. The van der Waals surface area contributed by atoms with Crippen LogP contribution >= 0.6 is 0 Å². The van der Waals surface area contributed by atoms with Gasteiger partial charge in [0.25, 0.3) is 0 Å². The van der Waals surface area contributed by atoms with Crippen molar-refractivity contribution in [1.82, 2.24) is 4.31 Å². The van der Waals surface area contributed by atoms with Crippen LogP contribution in [0.25, 0.3) is 11.1 Å². The Labute approximate surface area is 127 Å². The number of rotatable bonds is 4. The lowest BCUT2D eigenvalue weighted by Crippen LogP contribution is -2.22. The summed E-state index contributed by atoms with van der Waals surface area (Å²) in [5.74, 6) is -0.471. The van der Waals surface area contributed by atoms with Crippen LogP contribution in [-0.2, 0) is 10.0 Å². The first-order chi connectivity index (χ1) is 10.2. The summed E-state index contributed by atoms with van der Waals surface area (Å²) in [5, 5.41) is 20.4. The lowest BCUT2D eigenvalue weighted by atomic mass is 10.0. The van der Waals surface area contributed by atoms with Gasteiger partial charge in [0.1, 0.15) is 0 Å². The Morgan fingerprint density at radius 1 is 1.14 bits per heavy atom. The zero-order valence-electron chi connectivity index (χ0n) is 11.9. The van der Waals surface area contributed by atoms with Crippen LogP contribution in [0.3, 0.4) is 0 Å². The van der Waals surface area contributed by atoms with Crippen molar-refractivity contribution in [3.8, 4) is 16.9 Å². The predicted octanol–water partition coefficient (Wildman–Crippen LogP) is 2.22. The summed E-state index contributed by atoms with van der Waals surface area (Å²) in [4.78, 5) is 10.2. The summed E-state index contributed by atoms with van der Waals surface area (Å²) in [5.41, 5.74) is 0.194. The van der Waals surface area contributed by atoms with Crippen molar-refractivity contribution in [2.45, 2.75) is 4.90 Å². The second-order valence-corrected chi connectivity index (χ2v) is 6.86. The number of phenolic OH excluding ortho intramolecular Hbond substituents is 1. The molecule has 2 rings (SSSR count). The van der Waals surface area contributed by atoms with Crippen molar-refractivity contribution in [2.75, 3.05) is 14.1 Å². The molecule has 0 saturated carbocycles. The summed E-state index contributed by atoms with van der Waals surface area (Å²) in [6.07, 6.45) is 0. The van der Waals surface area contributed by atoms with Crippen LogP contribution in [0.2, 0.25) is 0 Å². The average Bonchev–Trinajstić information content (AvgIpc) is 2.47. The van der Waals surface area contributed by atoms with Crippen molar-refractivity contribution in [1.29, 1.82) is 0 Å². The highest BCUT2D eigenvalue weighted by Crippen LogP contribution is 2.34. The molecular weight excluding hydrogens is 308 g/mol. The first-order valence-electron chi connectivity index (χ1n) is 6.24. The van der Waals surface area contributed by atoms with Gasteiger partial charge >= 0.3 is 5.69 Å². The number of phenols is 1. The van der Waals surface area contributed by atoms with Gasteiger partial charge in [0.05, 0.1) is 9.82 Å². The molecule has 0 aromatic heterocycles. The van der Waals surface area contributed by atoms with Gasteiger partial charge < -0.3 is 5.11 Å². The van der Waals surface area contributed by atoms with Gasteiger partial charge in [0.15, 0.2) is 5.75 Å². The topological polar surface area (TPSA) is 101 Å². The zero-order valence-corrected chi connectivity index (χ0v) is 12.7. The van der Waals surface area contributed by atoms with Crippen molar-refractivity contribution in [3.63, 3.8) is 0 Å². The van der Waals surface area contributed by atoms with Crippen LogP contribution in [0.4, 0.5) is 5.69 Å². The van der Waals surface area contributed by atoms with Crippen molar-refractivity contribution in [2.24, 2.45) is 0 Å². The van der Waals surface area contributed by atoms with E-state index in [1.54, 1.807) is 18.2 Å². The molecule has 22 heavy (non-hydrogen) atoms. The van der Waals surface area contributed by atoms with Gasteiger partial charge in [-0.1, -0.05) is 24.3 Å². The van der Waals surface area contributed by atoms with Crippen LogP contribution in [0.5, 0.6) is 5.75 Å². The molecule has 0 aliphatic heterocycles. The number of benzene rings is 2. The fourth-order valence-corrected chi connectivity index (χ4v) is 3.07. The molecule has 116 valence electrons. The SMILES string of the molecule is CN(C)S(=O)(=O)c1ccccc1-c1ccc(O)c([N+](=O)[O-])c1. The Bertz CT molecular complexity index is 831. The minimum absolute atomic E-state index is 0.0417. The van der Waals surface area contributed by atoms with Crippen LogP contribution in [0.15, 0.2) is 47.4 Å². The first-order valence-corrected chi connectivity index (χ1v) is 7.68. The molecule has 7 nitrogen and oxygen atoms in total. The van der Waals surface area contributed by atoms with Gasteiger partial charge in [-0.05, 0) is 17.7 Å². The number of nitro groups is 1. The van der Waals surface area contributed by atoms with Crippen molar-refractivity contribution < 1.29 is 18.4 Å². The van der Waals surface area contributed by atoms with E-state index in [4.69, 9.17) is 0 Å². The molecule has 0 heterocycles. The Morgan fingerprint density at radius 2 is 1.77 bits per heavy atom. The lowest BCUT2D eigenvalue weighted by Gasteiger charge is -2.15. The third-order valence-corrected chi connectivity index (χ3v) is 5.00. The summed E-state index contributed by atoms with van der Waals surface area (Å²) >= 11 is 0. The molecule has 0 unspecified atom stereocenters. The van der Waals surface area contributed by atoms with E-state index in [0.29, 0.717) is 11.1 Å². The molecule has 0 amide bonds. The first kappa shape index (κ1) is 15.9. The van der Waals surface area contributed by atoms with Crippen LogP contribution in [0, 0.1) is 10.1 Å². The molecule has 0 bridgehead atoms. The van der Waals surface area contributed by atoms with E-state index in [2.05, 4.69) is 0 Å². The summed E-state index contributed by atoms with van der Waals surface area (Å²) in [6, 6.07) is 9.98. The number of nitrogens with zero attached hydrogens (tertiary/aromatic N) is 2. The number of aromatic hydroxyl groups is 1. The van der Waals surface area contributed by atoms with E-state index in [1.165, 1.54) is 32.3 Å². The number of nitro benzene ring substituents is 1. The van der Waals surface area contributed by atoms with E-state index in [-0.39, 0.29) is 4.90 Å². The fourth-order valence-electron chi connectivity index (χ4n) is 1.96. The lowest BCUT2D eigenvalue weighted by molar-refractivity contribution is -0.385. The van der Waals surface area contributed by atoms with E-state index in [1.807, 2.05) is 0 Å². The van der Waals surface area contributed by atoms with Crippen LogP contribution in [-0.4, -0.2) is 36.8 Å². The highest BCUT2D eigenvalue weighted by molar-refractivity contribution is 7.89. The second kappa shape index (κ2) is 5.74. The van der Waals surface area contributed by atoms with Crippen molar-refractivity contribution >= 4 is 15.7 Å². The summed E-state index contributed by atoms with van der Waals surface area (Å²) in [7, 11) is -0.882. The average molecular weight is 322 g/mol. The minimum Gasteiger partial charge on any atom is -0.502 e. The highest BCUT2D eigenvalue weighted by Gasteiger charge is 2.23. The monoisotopic (exact) mass is 322 g/mol. The Kier molecular flexibility index (Phi) is 4.16. The largest absolute Gasteiger partial charge is 0.502 e. The van der Waals surface area contributed by atoms with Gasteiger partial charge in [0, 0.05) is 25.7 Å². The predicted molar refractivity (Wildman–Crippen MR) is 81.1 cm³/mol. The van der Waals surface area contributed by atoms with E-state index in [9.17, 15) is 23.6 Å². The second-order valence-electron chi connectivity index (χ2n) is 4.74. The van der Waals surface area contributed by atoms with Gasteiger partial charge in [-0.2, -0.15) is 0 Å². The van der Waals surface area contributed by atoms with E-state index < -0.39 is 26.4 Å². The minimum atomic E-state index is -3.70. The molecule has 2 aromatic carbocycles. The quantitative estimate of drug-likeness (QED) is 0.687. The summed E-state index contributed by atoms with van der Waals surface area (Å²) < 4.78 is 25.8. The third-order valence-electron chi connectivity index (χ3n) is 3.13. The van der Waals surface area contributed by atoms with E-state index >= 15 is 0 Å². The Morgan fingerprint density at radius 3 is 2.36 bits per heavy atom.